The fourth-order valence-electron chi connectivity index (χ4n) is 8.43. The fraction of sp³-hybridized carbons (Fsp3) is 0.472. The molecule has 0 aliphatic heterocycles. The third-order valence-electron chi connectivity index (χ3n) is 10.1. The predicted octanol–water partition coefficient (Wildman–Crippen LogP) is 6.62. The second kappa shape index (κ2) is 12.8. The number of carbonyl (C=O) groups excluding carboxylic acids is 1. The van der Waals surface area contributed by atoms with Crippen molar-refractivity contribution in [2.45, 2.75) is 76.0 Å². The number of rotatable bonds is 13. The molecule has 0 saturated heterocycles. The summed E-state index contributed by atoms with van der Waals surface area (Å²) < 4.78 is 17.2. The van der Waals surface area contributed by atoms with Gasteiger partial charge in [-0.05, 0) is 122 Å². The normalized spacial score (nSPS) is 24.7. The molecule has 45 heavy (non-hydrogen) atoms. The highest BCUT2D eigenvalue weighted by Gasteiger charge is 2.52. The lowest BCUT2D eigenvalue weighted by atomic mass is 9.48. The summed E-state index contributed by atoms with van der Waals surface area (Å²) in [6.45, 7) is 1.86. The Morgan fingerprint density at radius 2 is 1.58 bits per heavy atom. The van der Waals surface area contributed by atoms with Gasteiger partial charge in [-0.3, -0.25) is 14.5 Å². The van der Waals surface area contributed by atoms with Crippen molar-refractivity contribution in [3.05, 3.63) is 71.8 Å². The smallest absolute Gasteiger partial charge is 0.326 e. The van der Waals surface area contributed by atoms with Crippen LogP contribution in [0.5, 0.6) is 5.75 Å². The molecule has 9 nitrogen and oxygen atoms in total. The topological polar surface area (TPSA) is 123 Å². The number of carbonyl (C=O) groups is 3. The molecule has 7 rings (SSSR count). The van der Waals surface area contributed by atoms with Gasteiger partial charge in [0.05, 0.1) is 0 Å². The average molecular weight is 616 g/mol. The molecule has 2 atom stereocenters. The van der Waals surface area contributed by atoms with Crippen LogP contribution in [0, 0.1) is 17.8 Å². The van der Waals surface area contributed by atoms with Crippen LogP contribution in [0.2, 0.25) is 0 Å². The van der Waals surface area contributed by atoms with Gasteiger partial charge < -0.3 is 24.4 Å². The molecule has 4 aliphatic carbocycles. The summed E-state index contributed by atoms with van der Waals surface area (Å²) >= 11 is 0. The van der Waals surface area contributed by atoms with E-state index in [4.69, 9.17) is 14.2 Å². The van der Waals surface area contributed by atoms with Crippen LogP contribution in [0.4, 0.5) is 5.69 Å². The number of nitrogens with zero attached hydrogens (tertiary/aromatic N) is 1. The van der Waals surface area contributed by atoms with Gasteiger partial charge in [0.2, 0.25) is 0 Å². The zero-order valence-corrected chi connectivity index (χ0v) is 25.8. The molecule has 4 fully saturated rings. The largest absolute Gasteiger partial charge is 0.481 e. The Hall–Kier alpha value is -3.95. The first-order chi connectivity index (χ1) is 21.7. The molecule has 9 heteroatoms. The highest BCUT2D eigenvalue weighted by molar-refractivity contribution is 6.10. The molecule has 1 amide bonds. The summed E-state index contributed by atoms with van der Waals surface area (Å²) in [5.74, 6) is 0.0229. The van der Waals surface area contributed by atoms with Crippen molar-refractivity contribution in [1.82, 2.24) is 0 Å². The molecule has 0 aromatic heterocycles. The lowest BCUT2D eigenvalue weighted by Gasteiger charge is -2.57. The van der Waals surface area contributed by atoms with Crippen LogP contribution in [0.15, 0.2) is 60.7 Å². The van der Waals surface area contributed by atoms with Crippen molar-refractivity contribution in [2.75, 3.05) is 18.8 Å². The number of hydrogen-bond acceptors (Lipinski definition) is 6. The molecule has 0 radical (unpaired) electrons. The number of anilines is 1. The molecule has 2 N–H and O–H groups in total. The van der Waals surface area contributed by atoms with Gasteiger partial charge in [0, 0.05) is 30.3 Å². The Balaban J connectivity index is 1.44. The summed E-state index contributed by atoms with van der Waals surface area (Å²) in [6.07, 6.45) is 6.21. The third-order valence-corrected chi connectivity index (χ3v) is 10.1. The lowest BCUT2D eigenvalue weighted by Crippen LogP contribution is -2.48. The van der Waals surface area contributed by atoms with E-state index in [9.17, 15) is 24.6 Å². The van der Waals surface area contributed by atoms with Crippen molar-refractivity contribution < 1.29 is 38.8 Å². The van der Waals surface area contributed by atoms with E-state index < -0.39 is 30.2 Å². The molecule has 4 bridgehead atoms. The van der Waals surface area contributed by atoms with Crippen LogP contribution in [-0.4, -0.2) is 54.3 Å². The van der Waals surface area contributed by atoms with E-state index in [0.717, 1.165) is 41.3 Å². The summed E-state index contributed by atoms with van der Waals surface area (Å²) in [6, 6.07) is 16.7. The van der Waals surface area contributed by atoms with Crippen molar-refractivity contribution in [3.8, 4) is 5.75 Å². The van der Waals surface area contributed by atoms with E-state index >= 15 is 0 Å². The summed E-state index contributed by atoms with van der Waals surface area (Å²) in [5, 5.41) is 21.3. The van der Waals surface area contributed by atoms with E-state index in [1.165, 1.54) is 24.2 Å². The van der Waals surface area contributed by atoms with E-state index in [1.54, 1.807) is 43.5 Å². The molecule has 238 valence electrons. The fourth-order valence-corrected chi connectivity index (χ4v) is 8.43. The minimum Gasteiger partial charge on any atom is -0.481 e. The van der Waals surface area contributed by atoms with Crippen molar-refractivity contribution in [1.29, 1.82) is 0 Å². The van der Waals surface area contributed by atoms with Crippen LogP contribution in [-0.2, 0) is 24.5 Å². The number of benzene rings is 3. The minimum atomic E-state index is -1.36. The van der Waals surface area contributed by atoms with Gasteiger partial charge in [0.25, 0.3) is 5.91 Å². The van der Waals surface area contributed by atoms with E-state index in [1.807, 2.05) is 25.1 Å². The summed E-state index contributed by atoms with van der Waals surface area (Å²) in [4.78, 5) is 39.1. The van der Waals surface area contributed by atoms with Crippen LogP contribution in [0.25, 0.3) is 10.8 Å². The van der Waals surface area contributed by atoms with E-state index in [-0.39, 0.29) is 25.0 Å². The molecule has 3 aromatic rings. The maximum atomic E-state index is 13.9. The zero-order chi connectivity index (χ0) is 31.7. The van der Waals surface area contributed by atoms with Gasteiger partial charge in [-0.25, -0.2) is 4.79 Å². The summed E-state index contributed by atoms with van der Waals surface area (Å²) in [5.41, 5.74) is 1.85. The Bertz CT molecular complexity index is 1530. The van der Waals surface area contributed by atoms with Crippen LogP contribution in [0.1, 0.15) is 74.2 Å². The molecule has 4 aliphatic rings. The third kappa shape index (κ3) is 6.42. The molecule has 4 saturated carbocycles. The second-order valence-electron chi connectivity index (χ2n) is 13.1. The van der Waals surface area contributed by atoms with Crippen molar-refractivity contribution in [3.63, 3.8) is 0 Å². The van der Waals surface area contributed by atoms with Crippen LogP contribution >= 0.6 is 0 Å². The minimum absolute atomic E-state index is 0.00815. The Kier molecular flexibility index (Phi) is 8.84. The first-order valence-corrected chi connectivity index (χ1v) is 15.8. The van der Waals surface area contributed by atoms with Gasteiger partial charge in [-0.15, -0.1) is 0 Å². The van der Waals surface area contributed by atoms with E-state index in [2.05, 4.69) is 6.07 Å². The average Bonchev–Trinajstić information content (AvgIpc) is 3.01. The van der Waals surface area contributed by atoms with Gasteiger partial charge in [0.1, 0.15) is 11.8 Å². The number of ether oxygens (including phenoxy) is 3. The predicted molar refractivity (Wildman–Crippen MR) is 168 cm³/mol. The second-order valence-corrected chi connectivity index (χ2v) is 13.1. The van der Waals surface area contributed by atoms with E-state index in [0.29, 0.717) is 29.0 Å². The maximum absolute atomic E-state index is 13.9. The first-order valence-electron chi connectivity index (χ1n) is 15.8. The number of fused-ring (bicyclic) bond motifs is 1. The standard InChI is InChI=1S/C36H41NO8/c1-22(43-2)44-21-45-32-17-27-8-9-29(15-28(27)16-30(32)36-18-23-12-24(19-36)14-25(13-23)20-36)37(31(35(41)42)10-11-33(38)39)34(40)26-6-4-3-5-7-26/h3-9,15-17,22-25,31H,10-14,18-21H2,1-2H3,(H,38,39)(H,41,42)/t22?,23?,24?,25?,31-,36?/m0/s1. The van der Waals surface area contributed by atoms with Crippen molar-refractivity contribution >= 4 is 34.3 Å². The van der Waals surface area contributed by atoms with Gasteiger partial charge in [0.15, 0.2) is 13.1 Å². The Labute approximate surface area is 263 Å². The number of carboxylic acid groups (broad SMARTS) is 2. The number of methoxy groups -OCH3 is 1. The first kappa shape index (κ1) is 31.0. The molecular formula is C36H41NO8. The molecule has 0 spiro atoms. The van der Waals surface area contributed by atoms with Crippen LogP contribution < -0.4 is 9.64 Å². The highest BCUT2D eigenvalue weighted by Crippen LogP contribution is 2.62. The molecular weight excluding hydrogens is 574 g/mol. The number of carboxylic acids is 2. The SMILES string of the molecule is COC(C)OCOc1cc2ccc(N(C(=O)c3ccccc3)[C@@H](CCC(=O)O)C(=O)O)cc2cc1C12CC3CC(CC(C3)C1)C2. The van der Waals surface area contributed by atoms with Gasteiger partial charge in [-0.1, -0.05) is 24.3 Å². The number of hydrogen-bond donors (Lipinski definition) is 2. The highest BCUT2D eigenvalue weighted by atomic mass is 16.7. The lowest BCUT2D eigenvalue weighted by molar-refractivity contribution is -0.150. The summed E-state index contributed by atoms with van der Waals surface area (Å²) in [7, 11) is 1.58. The molecule has 1 unspecified atom stereocenters. The molecule has 3 aromatic carbocycles. The molecule has 0 heterocycles. The maximum Gasteiger partial charge on any atom is 0.326 e. The monoisotopic (exact) mass is 615 g/mol. The van der Waals surface area contributed by atoms with Crippen LogP contribution in [0.3, 0.4) is 0 Å². The Morgan fingerprint density at radius 3 is 2.18 bits per heavy atom. The van der Waals surface area contributed by atoms with Gasteiger partial charge >= 0.3 is 11.9 Å². The number of aliphatic carboxylic acids is 2. The quantitative estimate of drug-likeness (QED) is 0.206. The number of amides is 1. The van der Waals surface area contributed by atoms with Crippen molar-refractivity contribution in [2.24, 2.45) is 17.8 Å². The Morgan fingerprint density at radius 1 is 0.911 bits per heavy atom. The zero-order valence-electron chi connectivity index (χ0n) is 25.8. The van der Waals surface area contributed by atoms with Gasteiger partial charge in [-0.2, -0.15) is 0 Å².